The number of nitrogens with one attached hydrogen (secondary N) is 3. The number of aromatic nitrogens is 6. The minimum Gasteiger partial charge on any atom is -0.339 e. The second kappa shape index (κ2) is 15.1. The lowest BCUT2D eigenvalue weighted by atomic mass is 9.99. The Morgan fingerprint density at radius 3 is 2.28 bits per heavy atom. The number of imide groups is 1. The van der Waals surface area contributed by atoms with Gasteiger partial charge in [0.2, 0.25) is 5.91 Å². The number of anilines is 3. The number of hydrogen-bond donors (Lipinski definition) is 3. The molecule has 3 aromatic heterocycles. The van der Waals surface area contributed by atoms with Crippen LogP contribution in [0.4, 0.5) is 22.1 Å². The van der Waals surface area contributed by atoms with Crippen molar-refractivity contribution in [2.24, 2.45) is 0 Å². The van der Waals surface area contributed by atoms with E-state index in [1.54, 1.807) is 24.4 Å². The van der Waals surface area contributed by atoms with Crippen molar-refractivity contribution in [3.8, 4) is 17.3 Å². The van der Waals surface area contributed by atoms with Gasteiger partial charge in [0.15, 0.2) is 11.0 Å². The molecule has 0 fully saturated rings. The van der Waals surface area contributed by atoms with E-state index < -0.39 is 11.9 Å². The first-order chi connectivity index (χ1) is 22.7. The lowest BCUT2D eigenvalue weighted by Crippen LogP contribution is -2.36. The van der Waals surface area contributed by atoms with E-state index in [0.29, 0.717) is 51.3 Å². The maximum absolute atomic E-state index is 12.4. The van der Waals surface area contributed by atoms with E-state index in [2.05, 4.69) is 77.1 Å². The Morgan fingerprint density at radius 2 is 1.64 bits per heavy atom. The van der Waals surface area contributed by atoms with Gasteiger partial charge in [0.25, 0.3) is 0 Å². The van der Waals surface area contributed by atoms with Gasteiger partial charge in [0, 0.05) is 29.4 Å². The number of urea groups is 1. The molecule has 12 nitrogen and oxygen atoms in total. The zero-order chi connectivity index (χ0) is 33.3. The molecule has 0 radical (unpaired) electrons. The summed E-state index contributed by atoms with van der Waals surface area (Å²) in [4.78, 5) is 38.0. The molecule has 47 heavy (non-hydrogen) atoms. The van der Waals surface area contributed by atoms with Gasteiger partial charge in [-0.15, -0.1) is 5.10 Å². The molecule has 238 valence electrons. The number of benzene rings is 2. The highest BCUT2D eigenvalue weighted by Crippen LogP contribution is 2.32. The van der Waals surface area contributed by atoms with Crippen LogP contribution in [-0.4, -0.2) is 41.9 Å². The van der Waals surface area contributed by atoms with Crippen molar-refractivity contribution in [2.45, 2.75) is 57.0 Å². The third-order valence-electron chi connectivity index (χ3n) is 7.09. The van der Waals surface area contributed by atoms with Gasteiger partial charge < -0.3 is 5.32 Å². The fourth-order valence-corrected chi connectivity index (χ4v) is 5.26. The Hall–Kier alpha value is -5.61. The number of nitrogens with zero attached hydrogens (tertiary/aromatic N) is 7. The summed E-state index contributed by atoms with van der Waals surface area (Å²) >= 11 is 1.33. The summed E-state index contributed by atoms with van der Waals surface area (Å²) in [6.45, 7) is 8.33. The number of carbonyl (C=O) groups is 2. The maximum Gasteiger partial charge on any atom is 0.327 e. The largest absolute Gasteiger partial charge is 0.339 e. The summed E-state index contributed by atoms with van der Waals surface area (Å²) in [6, 6.07) is 22.7. The summed E-state index contributed by atoms with van der Waals surface area (Å²) in [7, 11) is 0. The summed E-state index contributed by atoms with van der Waals surface area (Å²) in [5, 5.41) is 26.9. The quantitative estimate of drug-likeness (QED) is 0.105. The topological polar surface area (TPSA) is 163 Å². The number of rotatable bonds is 11. The summed E-state index contributed by atoms with van der Waals surface area (Å²) in [5.41, 5.74) is 5.43. The Bertz CT molecular complexity index is 1880. The lowest BCUT2D eigenvalue weighted by Gasteiger charge is -2.14. The molecule has 0 saturated carbocycles. The molecule has 3 heterocycles. The molecule has 0 unspecified atom stereocenters. The molecule has 0 aliphatic heterocycles. The standard InChI is InChI=1S/C34H34N10O2S/c1-21(2)23-8-10-25(11-9-23)31-28(17-35)32(37-26-14-12-24(13-15-26)22(3)4)41-34(40-31)47-20-27-18-44(43-42-27)19-30(45)39-33(46)38-29-7-5-6-16-36-29/h5-16,18,21-22H,19-20H2,1-4H3,(H,37,40,41)(H2,36,38,39,45,46). The van der Waals surface area contributed by atoms with Gasteiger partial charge in [0.1, 0.15) is 24.0 Å². The number of pyridine rings is 1. The number of carbonyl (C=O) groups excluding carboxylic acids is 2. The molecule has 0 bridgehead atoms. The van der Waals surface area contributed by atoms with E-state index in [1.807, 2.05) is 36.4 Å². The average molecular weight is 647 g/mol. The lowest BCUT2D eigenvalue weighted by molar-refractivity contribution is -0.120. The molecule has 3 amide bonds. The molecule has 2 aromatic carbocycles. The van der Waals surface area contributed by atoms with Gasteiger partial charge in [0.05, 0.1) is 11.4 Å². The fraction of sp³-hybridized carbons (Fsp3) is 0.235. The Balaban J connectivity index is 1.32. The summed E-state index contributed by atoms with van der Waals surface area (Å²) in [6.07, 6.45) is 3.15. The minimum absolute atomic E-state index is 0.207. The zero-order valence-electron chi connectivity index (χ0n) is 26.4. The van der Waals surface area contributed by atoms with Gasteiger partial charge >= 0.3 is 6.03 Å². The fourth-order valence-electron chi connectivity index (χ4n) is 4.54. The Kier molecular flexibility index (Phi) is 10.5. The minimum atomic E-state index is -0.697. The van der Waals surface area contributed by atoms with Gasteiger partial charge in [-0.3, -0.25) is 15.4 Å². The molecule has 13 heteroatoms. The average Bonchev–Trinajstić information content (AvgIpc) is 3.51. The van der Waals surface area contributed by atoms with Crippen LogP contribution in [0, 0.1) is 11.3 Å². The van der Waals surface area contributed by atoms with E-state index in [0.717, 1.165) is 11.3 Å². The van der Waals surface area contributed by atoms with Crippen LogP contribution in [-0.2, 0) is 17.1 Å². The molecule has 5 rings (SSSR count). The van der Waals surface area contributed by atoms with Crippen LogP contribution in [0.15, 0.2) is 84.3 Å². The van der Waals surface area contributed by atoms with Crippen LogP contribution < -0.4 is 16.0 Å². The van der Waals surface area contributed by atoms with Crippen molar-refractivity contribution in [1.29, 1.82) is 5.26 Å². The zero-order valence-corrected chi connectivity index (χ0v) is 27.2. The van der Waals surface area contributed by atoms with E-state index in [-0.39, 0.29) is 6.54 Å². The number of hydrogen-bond acceptors (Lipinski definition) is 10. The molecular formula is C34H34N10O2S. The third kappa shape index (κ3) is 8.77. The van der Waals surface area contributed by atoms with Crippen LogP contribution in [0.1, 0.15) is 61.9 Å². The predicted molar refractivity (Wildman–Crippen MR) is 181 cm³/mol. The Morgan fingerprint density at radius 1 is 0.936 bits per heavy atom. The van der Waals surface area contributed by atoms with Crippen molar-refractivity contribution >= 4 is 41.0 Å². The van der Waals surface area contributed by atoms with Crippen LogP contribution in [0.5, 0.6) is 0 Å². The second-order valence-electron chi connectivity index (χ2n) is 11.3. The maximum atomic E-state index is 12.4. The number of thioether (sulfide) groups is 1. The highest BCUT2D eigenvalue weighted by Gasteiger charge is 2.18. The SMILES string of the molecule is CC(C)c1ccc(Nc2nc(SCc3cn(CC(=O)NC(=O)Nc4ccccn4)nn3)nc(-c3ccc(C(C)C)cc3)c2C#N)cc1. The summed E-state index contributed by atoms with van der Waals surface area (Å²) < 4.78 is 1.34. The van der Waals surface area contributed by atoms with Crippen molar-refractivity contribution in [1.82, 2.24) is 35.3 Å². The highest BCUT2D eigenvalue weighted by molar-refractivity contribution is 7.98. The first-order valence-corrected chi connectivity index (χ1v) is 16.0. The second-order valence-corrected chi connectivity index (χ2v) is 12.2. The number of amides is 3. The molecular weight excluding hydrogens is 613 g/mol. The van der Waals surface area contributed by atoms with Crippen LogP contribution >= 0.6 is 11.8 Å². The van der Waals surface area contributed by atoms with Crippen molar-refractivity contribution in [3.05, 3.63) is 102 Å². The van der Waals surface area contributed by atoms with Gasteiger partial charge in [-0.05, 0) is 47.2 Å². The monoisotopic (exact) mass is 646 g/mol. The molecule has 0 aliphatic rings. The van der Waals surface area contributed by atoms with Gasteiger partial charge in [-0.25, -0.2) is 24.4 Å². The van der Waals surface area contributed by atoms with E-state index in [1.165, 1.54) is 33.8 Å². The van der Waals surface area contributed by atoms with Crippen molar-refractivity contribution < 1.29 is 9.59 Å². The predicted octanol–water partition coefficient (Wildman–Crippen LogP) is 6.63. The Labute approximate surface area is 277 Å². The van der Waals surface area contributed by atoms with E-state index in [9.17, 15) is 14.9 Å². The van der Waals surface area contributed by atoms with Crippen LogP contribution in [0.25, 0.3) is 11.3 Å². The molecule has 3 N–H and O–H groups in total. The van der Waals surface area contributed by atoms with E-state index in [4.69, 9.17) is 9.97 Å². The smallest absolute Gasteiger partial charge is 0.327 e. The first kappa shape index (κ1) is 32.8. The van der Waals surface area contributed by atoms with Gasteiger partial charge in [-0.1, -0.05) is 87.1 Å². The highest BCUT2D eigenvalue weighted by atomic mass is 32.2. The molecule has 0 saturated heterocycles. The van der Waals surface area contributed by atoms with Crippen molar-refractivity contribution in [2.75, 3.05) is 10.6 Å². The molecule has 0 aliphatic carbocycles. The normalized spacial score (nSPS) is 10.9. The van der Waals surface area contributed by atoms with Crippen molar-refractivity contribution in [3.63, 3.8) is 0 Å². The van der Waals surface area contributed by atoms with Crippen LogP contribution in [0.3, 0.4) is 0 Å². The van der Waals surface area contributed by atoms with Crippen LogP contribution in [0.2, 0.25) is 0 Å². The first-order valence-electron chi connectivity index (χ1n) is 15.0. The van der Waals surface area contributed by atoms with E-state index >= 15 is 0 Å². The molecule has 0 spiro atoms. The molecule has 5 aromatic rings. The number of nitriles is 1. The van der Waals surface area contributed by atoms with Gasteiger partial charge in [-0.2, -0.15) is 5.26 Å². The molecule has 0 atom stereocenters. The third-order valence-corrected chi connectivity index (χ3v) is 7.97. The summed E-state index contributed by atoms with van der Waals surface area (Å²) in [5.74, 6) is 1.26.